The molecule has 6 rings (SSSR count). The first-order valence-corrected chi connectivity index (χ1v) is 16.0. The van der Waals surface area contributed by atoms with E-state index in [1.54, 1.807) is 20.8 Å². The van der Waals surface area contributed by atoms with Gasteiger partial charge in [-0.3, -0.25) is 14.4 Å². The van der Waals surface area contributed by atoms with Gasteiger partial charge >= 0.3 is 5.97 Å². The van der Waals surface area contributed by atoms with E-state index in [0.29, 0.717) is 32.0 Å². The average Bonchev–Trinajstić information content (AvgIpc) is 3.59. The number of morpholine rings is 1. The van der Waals surface area contributed by atoms with Crippen LogP contribution in [0.25, 0.3) is 32.7 Å². The highest BCUT2D eigenvalue weighted by Gasteiger charge is 2.29. The number of aromatic nitrogens is 3. The van der Waals surface area contributed by atoms with Gasteiger partial charge in [0.2, 0.25) is 5.91 Å². The number of nitrogens with one attached hydrogen (secondary N) is 1. The topological polar surface area (TPSA) is 158 Å². The molecule has 0 bridgehead atoms. The normalized spacial score (nSPS) is 15.2. The van der Waals surface area contributed by atoms with E-state index in [0.717, 1.165) is 74.7 Å². The molecule has 4 N–H and O–H groups in total. The maximum Gasteiger partial charge on any atom is 0.322 e. The van der Waals surface area contributed by atoms with E-state index in [-0.39, 0.29) is 31.3 Å². The zero-order chi connectivity index (χ0) is 30.8. The molecular weight excluding hydrogens is 606 g/mol. The predicted molar refractivity (Wildman–Crippen MR) is 179 cm³/mol. The van der Waals surface area contributed by atoms with Gasteiger partial charge in [0.15, 0.2) is 0 Å². The van der Waals surface area contributed by atoms with Crippen molar-refractivity contribution < 1.29 is 29.7 Å². The summed E-state index contributed by atoms with van der Waals surface area (Å²) in [5, 5.41) is 13.7. The Kier molecular flexibility index (Phi) is 11.3. The fourth-order valence-electron chi connectivity index (χ4n) is 6.43. The SMILES string of the molecule is C.Cc1nc(C)c(-c2ccc3cc(-c4c(C5CCCCC5)cc(C(=O)NCC(=O)O)n4CC(=O)N4CCOCC4)ccc3n2)s1.O. The lowest BCUT2D eigenvalue weighted by molar-refractivity contribution is -0.136. The summed E-state index contributed by atoms with van der Waals surface area (Å²) in [6.45, 7) is 5.40. The van der Waals surface area contributed by atoms with Crippen molar-refractivity contribution in [3.8, 4) is 21.8 Å². The van der Waals surface area contributed by atoms with Crippen LogP contribution >= 0.6 is 11.3 Å². The standard InChI is InChI=1S/C33H37N5O5S.CH4.H2O/c1-20-32(44-21(2)35-20)27-11-8-23-16-24(9-10-26(23)36-27)31-25(22-6-4-3-5-7-22)17-28(33(42)34-18-30(40)41)38(31)19-29(39)37-12-14-43-15-13-37;;/h8-11,16-17,22H,3-7,12-15,18-19H2,1-2H3,(H,34,42)(H,40,41);1H4;1H2. The molecule has 2 aliphatic rings. The summed E-state index contributed by atoms with van der Waals surface area (Å²) < 4.78 is 7.25. The van der Waals surface area contributed by atoms with Gasteiger partial charge in [0, 0.05) is 18.5 Å². The number of carbonyl (C=O) groups is 3. The van der Waals surface area contributed by atoms with Gasteiger partial charge in [-0.1, -0.05) is 38.8 Å². The lowest BCUT2D eigenvalue weighted by Gasteiger charge is -2.28. The Labute approximate surface area is 272 Å². The highest BCUT2D eigenvalue weighted by molar-refractivity contribution is 7.15. The molecule has 1 aliphatic heterocycles. The van der Waals surface area contributed by atoms with E-state index in [9.17, 15) is 19.5 Å². The number of ether oxygens (including phenoxy) is 1. The number of amides is 2. The van der Waals surface area contributed by atoms with Crippen molar-refractivity contribution in [2.24, 2.45) is 0 Å². The van der Waals surface area contributed by atoms with Crippen LogP contribution < -0.4 is 5.32 Å². The molecule has 4 aromatic rings. The predicted octanol–water partition coefficient (Wildman–Crippen LogP) is 4.98. The molecule has 0 atom stereocenters. The van der Waals surface area contributed by atoms with Gasteiger partial charge in [0.1, 0.15) is 18.8 Å². The second-order valence-corrected chi connectivity index (χ2v) is 12.8. The van der Waals surface area contributed by atoms with Gasteiger partial charge in [-0.05, 0) is 68.0 Å². The van der Waals surface area contributed by atoms with Crippen LogP contribution in [-0.4, -0.2) is 80.6 Å². The van der Waals surface area contributed by atoms with Crippen LogP contribution in [0.5, 0.6) is 0 Å². The Bertz CT molecular complexity index is 1720. The highest BCUT2D eigenvalue weighted by atomic mass is 32.1. The first-order chi connectivity index (χ1) is 21.3. The second-order valence-electron chi connectivity index (χ2n) is 11.6. The van der Waals surface area contributed by atoms with E-state index in [1.807, 2.05) is 38.1 Å². The summed E-state index contributed by atoms with van der Waals surface area (Å²) in [4.78, 5) is 50.7. The van der Waals surface area contributed by atoms with Crippen LogP contribution in [0.2, 0.25) is 0 Å². The number of rotatable bonds is 8. The van der Waals surface area contributed by atoms with Crippen LogP contribution in [0.4, 0.5) is 0 Å². The largest absolute Gasteiger partial charge is 0.480 e. The molecule has 0 radical (unpaired) electrons. The number of benzene rings is 1. The van der Waals surface area contributed by atoms with Crippen molar-refractivity contribution >= 4 is 40.0 Å². The molecule has 3 aromatic heterocycles. The molecule has 2 amide bonds. The monoisotopic (exact) mass is 649 g/mol. The third kappa shape index (κ3) is 7.30. The molecule has 1 aliphatic carbocycles. The summed E-state index contributed by atoms with van der Waals surface area (Å²) in [5.74, 6) is -1.50. The number of hydrogen-bond donors (Lipinski definition) is 2. The molecule has 0 spiro atoms. The van der Waals surface area contributed by atoms with Crippen LogP contribution in [0.1, 0.15) is 72.2 Å². The highest BCUT2D eigenvalue weighted by Crippen LogP contribution is 2.41. The smallest absolute Gasteiger partial charge is 0.322 e. The summed E-state index contributed by atoms with van der Waals surface area (Å²) in [6, 6.07) is 12.0. The van der Waals surface area contributed by atoms with Gasteiger partial charge in [0.05, 0.1) is 45.7 Å². The minimum absolute atomic E-state index is 0. The second kappa shape index (κ2) is 15.0. The number of carboxylic acid groups (broad SMARTS) is 1. The zero-order valence-corrected chi connectivity index (χ0v) is 26.4. The van der Waals surface area contributed by atoms with Gasteiger partial charge in [0.25, 0.3) is 5.91 Å². The van der Waals surface area contributed by atoms with Crippen molar-refractivity contribution in [2.45, 2.75) is 65.8 Å². The number of carbonyl (C=O) groups excluding carboxylic acids is 2. The van der Waals surface area contributed by atoms with Crippen LogP contribution in [0.3, 0.4) is 0 Å². The molecule has 2 fully saturated rings. The molecule has 4 heterocycles. The lowest BCUT2D eigenvalue weighted by Crippen LogP contribution is -2.42. The van der Waals surface area contributed by atoms with Crippen LogP contribution in [0, 0.1) is 13.8 Å². The zero-order valence-electron chi connectivity index (χ0n) is 25.6. The number of nitrogens with zero attached hydrogens (tertiary/aromatic N) is 4. The van der Waals surface area contributed by atoms with Gasteiger partial charge in [-0.2, -0.15) is 0 Å². The Morgan fingerprint density at radius 1 is 1.02 bits per heavy atom. The number of thiazole rings is 1. The molecule has 12 heteroatoms. The molecule has 11 nitrogen and oxygen atoms in total. The molecule has 246 valence electrons. The fourth-order valence-corrected chi connectivity index (χ4v) is 7.32. The maximum absolute atomic E-state index is 13.6. The van der Waals surface area contributed by atoms with Crippen molar-refractivity contribution in [3.63, 3.8) is 0 Å². The number of aliphatic carboxylic acids is 1. The molecule has 1 saturated carbocycles. The third-order valence-electron chi connectivity index (χ3n) is 8.56. The Hall–Kier alpha value is -4.13. The summed E-state index contributed by atoms with van der Waals surface area (Å²) in [7, 11) is 0. The molecule has 1 aromatic carbocycles. The van der Waals surface area contributed by atoms with E-state index in [2.05, 4.69) is 22.4 Å². The van der Waals surface area contributed by atoms with Crippen LogP contribution in [-0.2, 0) is 20.9 Å². The summed E-state index contributed by atoms with van der Waals surface area (Å²) >= 11 is 1.63. The van der Waals surface area contributed by atoms with E-state index < -0.39 is 18.4 Å². The van der Waals surface area contributed by atoms with Gasteiger partial charge in [-0.25, -0.2) is 9.97 Å². The summed E-state index contributed by atoms with van der Waals surface area (Å²) in [6.07, 6.45) is 5.37. The quantitative estimate of drug-likeness (QED) is 0.273. The summed E-state index contributed by atoms with van der Waals surface area (Å²) in [5.41, 5.74) is 5.74. The first-order valence-electron chi connectivity index (χ1n) is 15.2. The van der Waals surface area contributed by atoms with Crippen molar-refractivity contribution in [2.75, 3.05) is 32.8 Å². The molecule has 0 unspecified atom stereocenters. The van der Waals surface area contributed by atoms with Crippen molar-refractivity contribution in [1.29, 1.82) is 0 Å². The van der Waals surface area contributed by atoms with Crippen molar-refractivity contribution in [1.82, 2.24) is 24.8 Å². The number of hydrogen-bond acceptors (Lipinski definition) is 7. The number of carboxylic acids is 1. The molecule has 46 heavy (non-hydrogen) atoms. The minimum atomic E-state index is -1.13. The Morgan fingerprint density at radius 3 is 2.43 bits per heavy atom. The van der Waals surface area contributed by atoms with Gasteiger partial charge < -0.3 is 30.1 Å². The molecule has 1 saturated heterocycles. The minimum Gasteiger partial charge on any atom is -0.480 e. The maximum atomic E-state index is 13.6. The molecular formula is C34H43N5O6S. The fraction of sp³-hybridized carbons (Fsp3) is 0.441. The number of fused-ring (bicyclic) bond motifs is 1. The third-order valence-corrected chi connectivity index (χ3v) is 9.66. The van der Waals surface area contributed by atoms with E-state index >= 15 is 0 Å². The van der Waals surface area contributed by atoms with Gasteiger partial charge in [-0.15, -0.1) is 11.3 Å². The van der Waals surface area contributed by atoms with E-state index in [1.165, 1.54) is 6.42 Å². The van der Waals surface area contributed by atoms with Crippen LogP contribution in [0.15, 0.2) is 36.4 Å². The average molecular weight is 650 g/mol. The first kappa shape index (κ1) is 34.7. The number of aryl methyl sites for hydroxylation is 2. The Morgan fingerprint density at radius 2 is 1.76 bits per heavy atom. The Balaban J connectivity index is 0.00000240. The number of pyridine rings is 1. The van der Waals surface area contributed by atoms with E-state index in [4.69, 9.17) is 9.72 Å². The van der Waals surface area contributed by atoms with Crippen molar-refractivity contribution in [3.05, 3.63) is 58.4 Å². The lowest BCUT2D eigenvalue weighted by atomic mass is 9.83.